The first kappa shape index (κ1) is 26.1. The van der Waals surface area contributed by atoms with Gasteiger partial charge in [-0.1, -0.05) is 31.1 Å². The molecular formula is C23H21F3N4O6. The first-order valence-corrected chi connectivity index (χ1v) is 10.5. The van der Waals surface area contributed by atoms with Crippen LogP contribution in [-0.2, 0) is 4.79 Å². The normalized spacial score (nSPS) is 12.1. The smallest absolute Gasteiger partial charge is 0.480 e. The number of halogens is 3. The fourth-order valence-corrected chi connectivity index (χ4v) is 3.00. The summed E-state index contributed by atoms with van der Waals surface area (Å²) in [5.74, 6) is -2.81. The molecule has 3 aromatic rings. The summed E-state index contributed by atoms with van der Waals surface area (Å²) in [5, 5.41) is 20.4. The molecule has 190 valence electrons. The molecule has 0 radical (unpaired) electrons. The third-order valence-corrected chi connectivity index (χ3v) is 4.74. The highest BCUT2D eigenvalue weighted by Gasteiger charge is 2.31. The molecule has 36 heavy (non-hydrogen) atoms. The van der Waals surface area contributed by atoms with Crippen LogP contribution < -0.4 is 20.7 Å². The van der Waals surface area contributed by atoms with Crippen LogP contribution in [0.15, 0.2) is 59.1 Å². The molecule has 2 aromatic carbocycles. The highest BCUT2D eigenvalue weighted by Crippen LogP contribution is 2.25. The number of amides is 3. The van der Waals surface area contributed by atoms with Crippen molar-refractivity contribution in [3.63, 3.8) is 0 Å². The molecule has 0 aliphatic carbocycles. The lowest BCUT2D eigenvalue weighted by Gasteiger charge is -2.16. The number of carbonyl (C=O) groups excluding carboxylic acids is 2. The summed E-state index contributed by atoms with van der Waals surface area (Å²) in [6, 6.07) is 10.6. The number of aromatic nitrogens is 1. The SMILES string of the molecule is CC(C)C(NC(=O)c1cc(-c2ccc(NC(=O)Nc3ccc(OC(F)(F)F)cc3)cc2)no1)C(=O)O. The van der Waals surface area contributed by atoms with Gasteiger partial charge in [0.05, 0.1) is 0 Å². The number of hydrogen-bond donors (Lipinski definition) is 4. The number of carboxylic acids is 1. The number of nitrogens with one attached hydrogen (secondary N) is 3. The minimum atomic E-state index is -4.81. The molecule has 3 rings (SSSR count). The predicted octanol–water partition coefficient (Wildman–Crippen LogP) is 4.72. The van der Waals surface area contributed by atoms with Gasteiger partial charge in [-0.05, 0) is 42.3 Å². The van der Waals surface area contributed by atoms with Crippen molar-refractivity contribution in [2.75, 3.05) is 10.6 Å². The summed E-state index contributed by atoms with van der Waals surface area (Å²) in [4.78, 5) is 35.7. The fraction of sp³-hybridized carbons (Fsp3) is 0.217. The van der Waals surface area contributed by atoms with Crippen LogP contribution >= 0.6 is 0 Å². The second-order valence-corrected chi connectivity index (χ2v) is 7.84. The number of aliphatic carboxylic acids is 1. The fourth-order valence-electron chi connectivity index (χ4n) is 3.00. The van der Waals surface area contributed by atoms with E-state index in [4.69, 9.17) is 4.52 Å². The number of carbonyl (C=O) groups is 3. The van der Waals surface area contributed by atoms with Gasteiger partial charge in [-0.3, -0.25) is 4.79 Å². The van der Waals surface area contributed by atoms with Crippen molar-refractivity contribution in [1.29, 1.82) is 0 Å². The van der Waals surface area contributed by atoms with E-state index in [1.165, 1.54) is 18.2 Å². The average Bonchev–Trinajstić information content (AvgIpc) is 3.28. The van der Waals surface area contributed by atoms with E-state index in [2.05, 4.69) is 25.8 Å². The summed E-state index contributed by atoms with van der Waals surface area (Å²) in [6.07, 6.45) is -4.81. The quantitative estimate of drug-likeness (QED) is 0.346. The van der Waals surface area contributed by atoms with Crippen LogP contribution in [0.1, 0.15) is 24.4 Å². The van der Waals surface area contributed by atoms with Crippen molar-refractivity contribution < 1.29 is 41.9 Å². The number of ether oxygens (including phenoxy) is 1. The van der Waals surface area contributed by atoms with Gasteiger partial charge in [0.15, 0.2) is 0 Å². The molecule has 1 aromatic heterocycles. The van der Waals surface area contributed by atoms with Crippen molar-refractivity contribution >= 4 is 29.3 Å². The molecular weight excluding hydrogens is 485 g/mol. The lowest BCUT2D eigenvalue weighted by Crippen LogP contribution is -2.44. The van der Waals surface area contributed by atoms with Crippen molar-refractivity contribution in [3.8, 4) is 17.0 Å². The number of anilines is 2. The number of urea groups is 1. The third-order valence-electron chi connectivity index (χ3n) is 4.74. The van der Waals surface area contributed by atoms with Crippen molar-refractivity contribution in [2.45, 2.75) is 26.3 Å². The maximum atomic E-state index is 12.3. The standard InChI is InChI=1S/C23H21F3N4O6/c1-12(2)19(21(32)33)29-20(31)18-11-17(30-36-18)13-3-5-14(6-4-13)27-22(34)28-15-7-9-16(10-8-15)35-23(24,25)26/h3-12,19H,1-2H3,(H,29,31)(H,32,33)(H2,27,28,34). The van der Waals surface area contributed by atoms with E-state index < -0.39 is 36.1 Å². The number of nitrogens with zero attached hydrogens (tertiary/aromatic N) is 1. The number of hydrogen-bond acceptors (Lipinski definition) is 6. The molecule has 0 aliphatic rings. The zero-order valence-corrected chi connectivity index (χ0v) is 18.9. The van der Waals surface area contributed by atoms with Gasteiger partial charge >= 0.3 is 18.4 Å². The molecule has 13 heteroatoms. The molecule has 4 N–H and O–H groups in total. The second-order valence-electron chi connectivity index (χ2n) is 7.84. The summed E-state index contributed by atoms with van der Waals surface area (Å²) >= 11 is 0. The molecule has 10 nitrogen and oxygen atoms in total. The highest BCUT2D eigenvalue weighted by atomic mass is 19.4. The topological polar surface area (TPSA) is 143 Å². The lowest BCUT2D eigenvalue weighted by atomic mass is 10.0. The number of benzene rings is 2. The van der Waals surface area contributed by atoms with Gasteiger partial charge in [-0.2, -0.15) is 0 Å². The second kappa shape index (κ2) is 10.8. The van der Waals surface area contributed by atoms with Gasteiger partial charge in [0, 0.05) is 23.0 Å². The van der Waals surface area contributed by atoms with E-state index in [0.29, 0.717) is 16.9 Å². The number of alkyl halides is 3. The number of rotatable bonds is 8. The van der Waals surface area contributed by atoms with Crippen LogP contribution in [0.4, 0.5) is 29.3 Å². The van der Waals surface area contributed by atoms with Crippen LogP contribution in [0.5, 0.6) is 5.75 Å². The Morgan fingerprint density at radius 1 is 0.972 bits per heavy atom. The Morgan fingerprint density at radius 3 is 2.03 bits per heavy atom. The van der Waals surface area contributed by atoms with E-state index in [0.717, 1.165) is 12.1 Å². The van der Waals surface area contributed by atoms with Crippen molar-refractivity contribution in [2.24, 2.45) is 5.92 Å². The van der Waals surface area contributed by atoms with Crippen LogP contribution in [0.25, 0.3) is 11.3 Å². The third kappa shape index (κ3) is 7.22. The van der Waals surface area contributed by atoms with Gasteiger partial charge in [-0.15, -0.1) is 13.2 Å². The minimum Gasteiger partial charge on any atom is -0.480 e. The zero-order chi connectivity index (χ0) is 26.5. The highest BCUT2D eigenvalue weighted by molar-refractivity contribution is 6.00. The molecule has 0 fully saturated rings. The molecule has 0 saturated carbocycles. The Balaban J connectivity index is 1.58. The first-order valence-electron chi connectivity index (χ1n) is 10.5. The molecule has 0 spiro atoms. The summed E-state index contributed by atoms with van der Waals surface area (Å²) in [6.45, 7) is 3.31. The molecule has 1 unspecified atom stereocenters. The van der Waals surface area contributed by atoms with Crippen LogP contribution in [0.3, 0.4) is 0 Å². The van der Waals surface area contributed by atoms with E-state index in [1.54, 1.807) is 38.1 Å². The van der Waals surface area contributed by atoms with Gasteiger partial charge in [0.2, 0.25) is 5.76 Å². The Morgan fingerprint density at radius 2 is 1.53 bits per heavy atom. The van der Waals surface area contributed by atoms with Crippen LogP contribution in [0.2, 0.25) is 0 Å². The molecule has 1 atom stereocenters. The first-order chi connectivity index (χ1) is 16.9. The molecule has 1 heterocycles. The van der Waals surface area contributed by atoms with Crippen LogP contribution in [-0.4, -0.2) is 40.6 Å². The minimum absolute atomic E-state index is 0.162. The van der Waals surface area contributed by atoms with E-state index in [1.807, 2.05) is 0 Å². The molecule has 0 saturated heterocycles. The maximum Gasteiger partial charge on any atom is 0.573 e. The van der Waals surface area contributed by atoms with Gasteiger partial charge < -0.3 is 30.3 Å². The molecule has 0 aliphatic heterocycles. The van der Waals surface area contributed by atoms with Crippen molar-refractivity contribution in [1.82, 2.24) is 10.5 Å². The summed E-state index contributed by atoms with van der Waals surface area (Å²) in [7, 11) is 0. The van der Waals surface area contributed by atoms with E-state index in [9.17, 15) is 32.7 Å². The van der Waals surface area contributed by atoms with E-state index in [-0.39, 0.29) is 17.4 Å². The maximum absolute atomic E-state index is 12.3. The Hall–Kier alpha value is -4.55. The Labute approximate surface area is 202 Å². The largest absolute Gasteiger partial charge is 0.573 e. The molecule has 0 bridgehead atoms. The van der Waals surface area contributed by atoms with E-state index >= 15 is 0 Å². The molecule has 3 amide bonds. The van der Waals surface area contributed by atoms with Crippen LogP contribution in [0, 0.1) is 5.92 Å². The predicted molar refractivity (Wildman–Crippen MR) is 121 cm³/mol. The van der Waals surface area contributed by atoms with Crippen molar-refractivity contribution in [3.05, 3.63) is 60.4 Å². The Bertz CT molecular complexity index is 1220. The zero-order valence-electron chi connectivity index (χ0n) is 18.9. The van der Waals surface area contributed by atoms with Gasteiger partial charge in [-0.25, -0.2) is 9.59 Å². The lowest BCUT2D eigenvalue weighted by molar-refractivity contribution is -0.274. The van der Waals surface area contributed by atoms with Gasteiger partial charge in [0.1, 0.15) is 17.5 Å². The monoisotopic (exact) mass is 506 g/mol. The average molecular weight is 506 g/mol. The Kier molecular flexibility index (Phi) is 7.82. The summed E-state index contributed by atoms with van der Waals surface area (Å²) in [5.41, 5.74) is 1.52. The number of carboxylic acid groups (broad SMARTS) is 1. The summed E-state index contributed by atoms with van der Waals surface area (Å²) < 4.78 is 45.5. The van der Waals surface area contributed by atoms with Gasteiger partial charge in [0.25, 0.3) is 5.91 Å².